The van der Waals surface area contributed by atoms with E-state index >= 15 is 0 Å². The normalized spacial score (nSPS) is 13.6. The van der Waals surface area contributed by atoms with Gasteiger partial charge in [0, 0.05) is 12.6 Å². The molecular weight excluding hydrogens is 202 g/mol. The van der Waals surface area contributed by atoms with Crippen LogP contribution in [0.15, 0.2) is 24.3 Å². The number of ether oxygens (including phenoxy) is 1. The Labute approximate surface area is 97.4 Å². The zero-order valence-corrected chi connectivity index (χ0v) is 10.4. The SMILES string of the molecule is COc1ccc(C(C)NCC(C)(C)O)cc1. The lowest BCUT2D eigenvalue weighted by Crippen LogP contribution is -2.36. The number of aliphatic hydroxyl groups is 1. The molecule has 0 aliphatic heterocycles. The van der Waals surface area contributed by atoms with Gasteiger partial charge in [-0.25, -0.2) is 0 Å². The van der Waals surface area contributed by atoms with E-state index in [9.17, 15) is 5.11 Å². The van der Waals surface area contributed by atoms with Gasteiger partial charge in [-0.2, -0.15) is 0 Å². The van der Waals surface area contributed by atoms with E-state index in [1.165, 1.54) is 5.56 Å². The molecule has 0 saturated carbocycles. The molecule has 3 heteroatoms. The average Bonchev–Trinajstić information content (AvgIpc) is 2.25. The van der Waals surface area contributed by atoms with Crippen LogP contribution in [0, 0.1) is 0 Å². The highest BCUT2D eigenvalue weighted by Gasteiger charge is 2.14. The molecule has 16 heavy (non-hydrogen) atoms. The van der Waals surface area contributed by atoms with Crippen molar-refractivity contribution < 1.29 is 9.84 Å². The highest BCUT2D eigenvalue weighted by molar-refractivity contribution is 5.28. The van der Waals surface area contributed by atoms with Gasteiger partial charge in [0.2, 0.25) is 0 Å². The average molecular weight is 223 g/mol. The third kappa shape index (κ3) is 4.21. The predicted octanol–water partition coefficient (Wildman–Crippen LogP) is 2.12. The maximum Gasteiger partial charge on any atom is 0.118 e. The lowest BCUT2D eigenvalue weighted by molar-refractivity contribution is 0.0770. The van der Waals surface area contributed by atoms with E-state index in [-0.39, 0.29) is 6.04 Å². The van der Waals surface area contributed by atoms with E-state index in [0.717, 1.165) is 5.75 Å². The van der Waals surface area contributed by atoms with E-state index in [2.05, 4.69) is 12.2 Å². The molecule has 1 unspecified atom stereocenters. The minimum absolute atomic E-state index is 0.220. The minimum Gasteiger partial charge on any atom is -0.497 e. The van der Waals surface area contributed by atoms with Gasteiger partial charge in [-0.1, -0.05) is 12.1 Å². The van der Waals surface area contributed by atoms with Crippen LogP contribution in [0.2, 0.25) is 0 Å². The highest BCUT2D eigenvalue weighted by Crippen LogP contribution is 2.17. The van der Waals surface area contributed by atoms with Crippen molar-refractivity contribution in [3.05, 3.63) is 29.8 Å². The first-order valence-electron chi connectivity index (χ1n) is 5.52. The van der Waals surface area contributed by atoms with E-state index < -0.39 is 5.60 Å². The summed E-state index contributed by atoms with van der Waals surface area (Å²) in [6.07, 6.45) is 0. The molecule has 0 amide bonds. The first-order valence-corrected chi connectivity index (χ1v) is 5.52. The smallest absolute Gasteiger partial charge is 0.118 e. The second kappa shape index (κ2) is 5.32. The zero-order chi connectivity index (χ0) is 12.2. The van der Waals surface area contributed by atoms with E-state index in [0.29, 0.717) is 6.54 Å². The maximum absolute atomic E-state index is 9.61. The van der Waals surface area contributed by atoms with Crippen LogP contribution in [-0.2, 0) is 0 Å². The monoisotopic (exact) mass is 223 g/mol. The van der Waals surface area contributed by atoms with Crippen molar-refractivity contribution in [2.75, 3.05) is 13.7 Å². The number of rotatable bonds is 5. The molecule has 0 radical (unpaired) electrons. The largest absolute Gasteiger partial charge is 0.497 e. The van der Waals surface area contributed by atoms with Crippen LogP contribution in [0.4, 0.5) is 0 Å². The molecule has 0 heterocycles. The maximum atomic E-state index is 9.61. The molecule has 0 spiro atoms. The molecule has 0 aromatic heterocycles. The molecule has 0 saturated heterocycles. The Balaban J connectivity index is 2.56. The van der Waals surface area contributed by atoms with Gasteiger partial charge >= 0.3 is 0 Å². The number of methoxy groups -OCH3 is 1. The molecular formula is C13H21NO2. The quantitative estimate of drug-likeness (QED) is 0.803. The fraction of sp³-hybridized carbons (Fsp3) is 0.538. The van der Waals surface area contributed by atoms with Crippen LogP contribution < -0.4 is 10.1 Å². The first-order chi connectivity index (χ1) is 7.42. The van der Waals surface area contributed by atoms with Gasteiger partial charge in [0.25, 0.3) is 0 Å². The molecule has 3 nitrogen and oxygen atoms in total. The summed E-state index contributed by atoms with van der Waals surface area (Å²) >= 11 is 0. The number of nitrogens with one attached hydrogen (secondary N) is 1. The standard InChI is InChI=1S/C13H21NO2/c1-10(14-9-13(2,3)15)11-5-7-12(16-4)8-6-11/h5-8,10,14-15H,9H2,1-4H3. The predicted molar refractivity (Wildman–Crippen MR) is 65.7 cm³/mol. The summed E-state index contributed by atoms with van der Waals surface area (Å²) in [4.78, 5) is 0. The second-order valence-corrected chi connectivity index (χ2v) is 4.69. The van der Waals surface area contributed by atoms with Crippen LogP contribution in [0.3, 0.4) is 0 Å². The summed E-state index contributed by atoms with van der Waals surface area (Å²) in [6.45, 7) is 6.23. The summed E-state index contributed by atoms with van der Waals surface area (Å²) < 4.78 is 5.10. The first kappa shape index (κ1) is 13.0. The molecule has 90 valence electrons. The van der Waals surface area contributed by atoms with Gasteiger partial charge in [0.05, 0.1) is 12.7 Å². The van der Waals surface area contributed by atoms with Gasteiger partial charge in [-0.3, -0.25) is 0 Å². The lowest BCUT2D eigenvalue weighted by atomic mass is 10.1. The summed E-state index contributed by atoms with van der Waals surface area (Å²) in [5.41, 5.74) is 0.505. The second-order valence-electron chi connectivity index (χ2n) is 4.69. The molecule has 0 aliphatic rings. The lowest BCUT2D eigenvalue weighted by Gasteiger charge is -2.22. The summed E-state index contributed by atoms with van der Waals surface area (Å²) in [7, 11) is 1.66. The van der Waals surface area contributed by atoms with Gasteiger partial charge in [0.15, 0.2) is 0 Å². The van der Waals surface area contributed by atoms with Crippen LogP contribution >= 0.6 is 0 Å². The van der Waals surface area contributed by atoms with Gasteiger partial charge in [0.1, 0.15) is 5.75 Å². The number of hydrogen-bond donors (Lipinski definition) is 2. The van der Waals surface area contributed by atoms with E-state index in [1.54, 1.807) is 21.0 Å². The van der Waals surface area contributed by atoms with Crippen molar-refractivity contribution in [3.8, 4) is 5.75 Å². The van der Waals surface area contributed by atoms with Gasteiger partial charge in [-0.05, 0) is 38.5 Å². The van der Waals surface area contributed by atoms with Crippen molar-refractivity contribution in [2.45, 2.75) is 32.4 Å². The Kier molecular flexibility index (Phi) is 4.33. The van der Waals surface area contributed by atoms with Crippen LogP contribution in [-0.4, -0.2) is 24.4 Å². The van der Waals surface area contributed by atoms with Crippen molar-refractivity contribution in [1.82, 2.24) is 5.32 Å². The van der Waals surface area contributed by atoms with Crippen molar-refractivity contribution in [2.24, 2.45) is 0 Å². The number of benzene rings is 1. The Morgan fingerprint density at radius 3 is 2.31 bits per heavy atom. The summed E-state index contributed by atoms with van der Waals surface area (Å²) in [6, 6.07) is 8.16. The van der Waals surface area contributed by atoms with Gasteiger partial charge < -0.3 is 15.2 Å². The topological polar surface area (TPSA) is 41.5 Å². The minimum atomic E-state index is -0.680. The molecule has 0 aliphatic carbocycles. The van der Waals surface area contributed by atoms with E-state index in [1.807, 2.05) is 24.3 Å². The van der Waals surface area contributed by atoms with Gasteiger partial charge in [-0.15, -0.1) is 0 Å². The van der Waals surface area contributed by atoms with Crippen LogP contribution in [0.25, 0.3) is 0 Å². The molecule has 1 aromatic carbocycles. The van der Waals surface area contributed by atoms with E-state index in [4.69, 9.17) is 4.74 Å². The van der Waals surface area contributed by atoms with Crippen molar-refractivity contribution in [1.29, 1.82) is 0 Å². The zero-order valence-electron chi connectivity index (χ0n) is 10.4. The Morgan fingerprint density at radius 2 is 1.88 bits per heavy atom. The summed E-state index contributed by atoms with van der Waals surface area (Å²) in [5.74, 6) is 0.860. The number of hydrogen-bond acceptors (Lipinski definition) is 3. The molecule has 1 aromatic rings. The van der Waals surface area contributed by atoms with Crippen LogP contribution in [0.1, 0.15) is 32.4 Å². The molecule has 1 rings (SSSR count). The molecule has 0 bridgehead atoms. The Bertz CT molecular complexity index is 314. The fourth-order valence-corrected chi connectivity index (χ4v) is 1.41. The molecule has 0 fully saturated rings. The Morgan fingerprint density at radius 1 is 1.31 bits per heavy atom. The molecule has 2 N–H and O–H groups in total. The van der Waals surface area contributed by atoms with Crippen molar-refractivity contribution in [3.63, 3.8) is 0 Å². The third-order valence-corrected chi connectivity index (χ3v) is 2.46. The Hall–Kier alpha value is -1.06. The summed E-state index contributed by atoms with van der Waals surface area (Å²) in [5, 5.41) is 12.9. The van der Waals surface area contributed by atoms with Crippen molar-refractivity contribution >= 4 is 0 Å². The molecule has 1 atom stereocenters. The fourth-order valence-electron chi connectivity index (χ4n) is 1.41. The highest BCUT2D eigenvalue weighted by atomic mass is 16.5. The van der Waals surface area contributed by atoms with Crippen LogP contribution in [0.5, 0.6) is 5.75 Å². The third-order valence-electron chi connectivity index (χ3n) is 2.46.